The van der Waals surface area contributed by atoms with Crippen molar-refractivity contribution in [2.24, 2.45) is 3.34 Å². The van der Waals surface area contributed by atoms with Crippen LogP contribution in [-0.4, -0.2) is 5.54 Å². The number of nitrogens with zero attached hydrogens (tertiary/aromatic N) is 1. The van der Waals surface area contributed by atoms with E-state index in [2.05, 4.69) is 43.9 Å². The second-order valence-corrected chi connectivity index (χ2v) is 7.12. The molecule has 0 aromatic carbocycles. The molecule has 0 heterocycles. The van der Waals surface area contributed by atoms with Gasteiger partial charge in [-0.1, -0.05) is 45.4 Å². The molecule has 21 heavy (non-hydrogen) atoms. The third-order valence-corrected chi connectivity index (χ3v) is 4.41. The van der Waals surface area contributed by atoms with Gasteiger partial charge in [0.1, 0.15) is 0 Å². The SMILES string of the molecule is CC(C)(C)[N]=[Nb].[CH-]1CCCCC1.[CH-]1CCCCC1.[CH2-]CC. The van der Waals surface area contributed by atoms with Crippen molar-refractivity contribution in [3.05, 3.63) is 19.8 Å². The smallest absolute Gasteiger partial charge is 0.0582 e. The summed E-state index contributed by atoms with van der Waals surface area (Å²) in [6.45, 7) is 11.8. The molecule has 0 aromatic rings. The number of rotatable bonds is 0. The molecule has 2 fully saturated rings. The van der Waals surface area contributed by atoms with Crippen LogP contribution in [0.3, 0.4) is 0 Å². The van der Waals surface area contributed by atoms with E-state index in [9.17, 15) is 0 Å². The summed E-state index contributed by atoms with van der Waals surface area (Å²) >= 11 is 1.52. The van der Waals surface area contributed by atoms with Gasteiger partial charge in [-0.25, -0.2) is 0 Å². The van der Waals surface area contributed by atoms with Gasteiger partial charge in [0.15, 0.2) is 0 Å². The Hall–Kier alpha value is 0.540. The van der Waals surface area contributed by atoms with E-state index in [0.717, 1.165) is 6.42 Å². The third kappa shape index (κ3) is 29.2. The Morgan fingerprint density at radius 2 is 1.10 bits per heavy atom. The molecule has 2 rings (SSSR count). The maximum absolute atomic E-state index is 4.07. The minimum absolute atomic E-state index is 0.189. The van der Waals surface area contributed by atoms with E-state index in [4.69, 9.17) is 0 Å². The van der Waals surface area contributed by atoms with Crippen LogP contribution in [0.1, 0.15) is 98.3 Å². The molecular formula is C19H38NNb-3. The van der Waals surface area contributed by atoms with Gasteiger partial charge in [-0.05, 0) is 0 Å². The van der Waals surface area contributed by atoms with Gasteiger partial charge in [-0.3, -0.25) is 0 Å². The average molecular weight is 373 g/mol. The molecule has 2 aliphatic rings. The van der Waals surface area contributed by atoms with E-state index >= 15 is 0 Å². The molecule has 1 nitrogen and oxygen atoms in total. The molecule has 0 unspecified atom stereocenters. The van der Waals surface area contributed by atoms with E-state index in [1.54, 1.807) is 0 Å². The Kier molecular flexibility index (Phi) is 21.1. The van der Waals surface area contributed by atoms with Crippen LogP contribution in [0.15, 0.2) is 3.34 Å². The van der Waals surface area contributed by atoms with E-state index in [-0.39, 0.29) is 5.54 Å². The van der Waals surface area contributed by atoms with Gasteiger partial charge in [-0.15, -0.1) is 0 Å². The van der Waals surface area contributed by atoms with Crippen molar-refractivity contribution >= 4 is 0 Å². The van der Waals surface area contributed by atoms with Crippen LogP contribution in [0, 0.1) is 19.8 Å². The second-order valence-electron chi connectivity index (χ2n) is 6.62. The maximum Gasteiger partial charge on any atom is -0.0582 e. The predicted octanol–water partition coefficient (Wildman–Crippen LogP) is 7.06. The molecule has 0 radical (unpaired) electrons. The second kappa shape index (κ2) is 18.6. The summed E-state index contributed by atoms with van der Waals surface area (Å²) in [7, 11) is 0. The standard InChI is InChI=1S/2C6H11.C4H9N.C3H7.Nb/c2*1-2-4-6-5-3-1;1-4(2,3)5;1-3-2;/h2*1H,2-6H2;1-3H3;1,3H2,2H3;/q2*-1;;-1;. The molecule has 0 atom stereocenters. The van der Waals surface area contributed by atoms with E-state index < -0.39 is 0 Å². The minimum atomic E-state index is 0.189. The summed E-state index contributed by atoms with van der Waals surface area (Å²) < 4.78 is 4.07. The molecule has 2 aliphatic carbocycles. The quantitative estimate of drug-likeness (QED) is 0.318. The van der Waals surface area contributed by atoms with Gasteiger partial charge in [-0.2, -0.15) is 32.1 Å². The van der Waals surface area contributed by atoms with E-state index in [1.807, 2.05) is 6.92 Å². The van der Waals surface area contributed by atoms with Gasteiger partial charge >= 0.3 is 50.5 Å². The fourth-order valence-corrected chi connectivity index (χ4v) is 1.80. The van der Waals surface area contributed by atoms with E-state index in [1.165, 1.54) is 85.1 Å². The van der Waals surface area contributed by atoms with Gasteiger partial charge in [0.05, 0.1) is 0 Å². The van der Waals surface area contributed by atoms with Crippen LogP contribution in [0.4, 0.5) is 0 Å². The molecule has 0 N–H and O–H groups in total. The number of hydrogen-bond donors (Lipinski definition) is 0. The van der Waals surface area contributed by atoms with Crippen LogP contribution < -0.4 is 0 Å². The van der Waals surface area contributed by atoms with Gasteiger partial charge in [0, 0.05) is 0 Å². The summed E-state index contributed by atoms with van der Waals surface area (Å²) in [6, 6.07) is 0. The Bertz CT molecular complexity index is 153. The molecule has 0 spiro atoms. The monoisotopic (exact) mass is 373 g/mol. The first-order valence-corrected chi connectivity index (χ1v) is 9.75. The summed E-state index contributed by atoms with van der Waals surface area (Å²) in [5.74, 6) is 0. The summed E-state index contributed by atoms with van der Waals surface area (Å²) in [6.07, 6.45) is 20.0. The first kappa shape index (κ1) is 23.8. The largest absolute Gasteiger partial charge is 0.344 e. The third-order valence-electron chi connectivity index (χ3n) is 2.93. The summed E-state index contributed by atoms with van der Waals surface area (Å²) in [4.78, 5) is 0. The maximum atomic E-state index is 4.07. The zero-order valence-corrected chi connectivity index (χ0v) is 17.2. The van der Waals surface area contributed by atoms with Crippen LogP contribution in [0.2, 0.25) is 0 Å². The van der Waals surface area contributed by atoms with Crippen LogP contribution in [-0.2, 0) is 20.9 Å². The Balaban J connectivity index is 0. The van der Waals surface area contributed by atoms with Crippen molar-refractivity contribution in [2.45, 2.75) is 104 Å². The van der Waals surface area contributed by atoms with Gasteiger partial charge < -0.3 is 19.8 Å². The molecule has 127 valence electrons. The van der Waals surface area contributed by atoms with Gasteiger partial charge in [0.2, 0.25) is 0 Å². The first-order valence-electron chi connectivity index (χ1n) is 8.76. The van der Waals surface area contributed by atoms with Crippen LogP contribution in [0.25, 0.3) is 0 Å². The van der Waals surface area contributed by atoms with Crippen molar-refractivity contribution < 1.29 is 20.9 Å². The first-order chi connectivity index (χ1) is 9.97. The normalized spacial score (nSPS) is 17.7. The minimum Gasteiger partial charge on any atom is -0.344 e. The molecular weight excluding hydrogens is 335 g/mol. The van der Waals surface area contributed by atoms with Crippen molar-refractivity contribution in [1.29, 1.82) is 0 Å². The molecule has 2 heteroatoms. The zero-order valence-electron chi connectivity index (χ0n) is 15.0. The molecule has 0 amide bonds. The zero-order chi connectivity index (χ0) is 16.4. The number of hydrogen-bond acceptors (Lipinski definition) is 1. The van der Waals surface area contributed by atoms with Gasteiger partial charge in [0.25, 0.3) is 0 Å². The molecule has 0 saturated heterocycles. The summed E-state index contributed by atoms with van der Waals surface area (Å²) in [5.41, 5.74) is 0.189. The Morgan fingerprint density at radius 1 is 0.857 bits per heavy atom. The Morgan fingerprint density at radius 3 is 1.14 bits per heavy atom. The van der Waals surface area contributed by atoms with Crippen molar-refractivity contribution in [3.63, 3.8) is 0 Å². The van der Waals surface area contributed by atoms with Crippen molar-refractivity contribution in [3.8, 4) is 0 Å². The Labute approximate surface area is 147 Å². The molecule has 0 bridgehead atoms. The van der Waals surface area contributed by atoms with Crippen molar-refractivity contribution in [2.75, 3.05) is 0 Å². The van der Waals surface area contributed by atoms with Crippen LogP contribution in [0.5, 0.6) is 0 Å². The molecule has 0 aromatic heterocycles. The van der Waals surface area contributed by atoms with E-state index in [0.29, 0.717) is 0 Å². The summed E-state index contributed by atoms with van der Waals surface area (Å²) in [5, 5.41) is 0. The fraction of sp³-hybridized carbons (Fsp3) is 0.842. The average Bonchev–Trinajstić information content (AvgIpc) is 2.52. The fourth-order valence-electron chi connectivity index (χ4n) is 1.80. The molecule has 2 saturated carbocycles. The molecule has 0 aliphatic heterocycles. The predicted molar refractivity (Wildman–Crippen MR) is 92.6 cm³/mol. The topological polar surface area (TPSA) is 12.4 Å². The van der Waals surface area contributed by atoms with Crippen LogP contribution >= 0.6 is 0 Å². The van der Waals surface area contributed by atoms with Crippen molar-refractivity contribution in [1.82, 2.24) is 0 Å².